The Morgan fingerprint density at radius 2 is 1.75 bits per heavy atom. The minimum Gasteiger partial charge on any atom is -0.375 e. The molecule has 0 saturated carbocycles. The minimum absolute atomic E-state index is 0.0524. The van der Waals surface area contributed by atoms with E-state index in [1.54, 1.807) is 0 Å². The predicted molar refractivity (Wildman–Crippen MR) is 96.9 cm³/mol. The molecule has 1 amide bonds. The monoisotopic (exact) mass is 326 g/mol. The summed E-state index contributed by atoms with van der Waals surface area (Å²) in [6.07, 6.45) is -1.01. The summed E-state index contributed by atoms with van der Waals surface area (Å²) in [4.78, 5) is 12.4. The molecule has 0 spiro atoms. The lowest BCUT2D eigenvalue weighted by Gasteiger charge is -2.18. The molecule has 0 aliphatic carbocycles. The molecule has 0 heterocycles. The first-order valence-corrected chi connectivity index (χ1v) is 8.30. The van der Waals surface area contributed by atoms with Gasteiger partial charge in [-0.05, 0) is 40.7 Å². The zero-order valence-electron chi connectivity index (χ0n) is 14.5. The number of nitrogens with two attached hydrogens (primary N) is 1. The van der Waals surface area contributed by atoms with Gasteiger partial charge in [0.05, 0.1) is 0 Å². The smallest absolute Gasteiger partial charge is 0.251 e. The maximum atomic E-state index is 12.4. The summed E-state index contributed by atoms with van der Waals surface area (Å²) < 4.78 is 0. The largest absolute Gasteiger partial charge is 0.375 e. The Labute approximate surface area is 143 Å². The number of aliphatic hydroxyl groups is 1. The second-order valence-electron chi connectivity index (χ2n) is 6.46. The highest BCUT2D eigenvalue weighted by atomic mass is 16.3. The van der Waals surface area contributed by atoms with Gasteiger partial charge in [0, 0.05) is 12.1 Å². The van der Waals surface area contributed by atoms with Crippen molar-refractivity contribution in [1.82, 2.24) is 5.32 Å². The summed E-state index contributed by atoms with van der Waals surface area (Å²) in [5, 5.41) is 12.6. The zero-order valence-corrected chi connectivity index (χ0v) is 14.5. The van der Waals surface area contributed by atoms with Crippen LogP contribution in [0.15, 0.2) is 48.5 Å². The van der Waals surface area contributed by atoms with Crippen LogP contribution in [-0.2, 0) is 0 Å². The lowest BCUT2D eigenvalue weighted by atomic mass is 9.94. The van der Waals surface area contributed by atoms with Gasteiger partial charge in [-0.2, -0.15) is 0 Å². The molecule has 4 heteroatoms. The lowest BCUT2D eigenvalue weighted by Crippen LogP contribution is -2.28. The average Bonchev–Trinajstić information content (AvgIpc) is 2.59. The molecule has 0 fully saturated rings. The average molecular weight is 326 g/mol. The Morgan fingerprint density at radius 1 is 1.08 bits per heavy atom. The van der Waals surface area contributed by atoms with Gasteiger partial charge in [-0.25, -0.2) is 0 Å². The van der Waals surface area contributed by atoms with Crippen molar-refractivity contribution in [2.45, 2.75) is 38.8 Å². The molecule has 2 aromatic rings. The normalized spacial score (nSPS) is 13.6. The first-order chi connectivity index (χ1) is 11.4. The van der Waals surface area contributed by atoms with E-state index < -0.39 is 6.23 Å². The molecular formula is C20H26N2O2. The van der Waals surface area contributed by atoms with Crippen LogP contribution in [0.4, 0.5) is 0 Å². The van der Waals surface area contributed by atoms with Gasteiger partial charge in [-0.3, -0.25) is 4.79 Å². The molecule has 4 N–H and O–H groups in total. The number of carbonyl (C=O) groups excluding carboxylic acids is 1. The van der Waals surface area contributed by atoms with Crippen molar-refractivity contribution in [1.29, 1.82) is 0 Å². The van der Waals surface area contributed by atoms with Gasteiger partial charge in [0.1, 0.15) is 6.23 Å². The molecule has 128 valence electrons. The maximum Gasteiger partial charge on any atom is 0.251 e. The molecular weight excluding hydrogens is 300 g/mol. The van der Waals surface area contributed by atoms with Crippen LogP contribution < -0.4 is 11.1 Å². The molecule has 0 saturated heterocycles. The molecule has 24 heavy (non-hydrogen) atoms. The summed E-state index contributed by atoms with van der Waals surface area (Å²) in [6, 6.07) is 15.2. The fourth-order valence-corrected chi connectivity index (χ4v) is 2.73. The van der Waals surface area contributed by atoms with Gasteiger partial charge < -0.3 is 16.2 Å². The number of carbonyl (C=O) groups is 1. The third kappa shape index (κ3) is 4.43. The second-order valence-corrected chi connectivity index (χ2v) is 6.46. The highest BCUT2D eigenvalue weighted by Crippen LogP contribution is 2.23. The molecule has 4 nitrogen and oxygen atoms in total. The van der Waals surface area contributed by atoms with Crippen molar-refractivity contribution < 1.29 is 9.90 Å². The molecule has 2 atom stereocenters. The molecule has 0 aliphatic heterocycles. The molecule has 0 radical (unpaired) electrons. The van der Waals surface area contributed by atoms with Crippen molar-refractivity contribution in [3.63, 3.8) is 0 Å². The standard InChI is InChI=1S/C20H26N2O2/c1-13(2)15-7-6-8-16(11-15)20(24)22-12-14(3)17-9-4-5-10-18(17)19(21)23/h4-11,13-14,19,23H,12,21H2,1-3H3,(H,22,24). The van der Waals surface area contributed by atoms with E-state index in [1.165, 1.54) is 0 Å². The van der Waals surface area contributed by atoms with Crippen molar-refractivity contribution >= 4 is 5.91 Å². The van der Waals surface area contributed by atoms with E-state index in [1.807, 2.05) is 55.5 Å². The summed E-state index contributed by atoms with van der Waals surface area (Å²) in [5.74, 6) is 0.348. The number of rotatable bonds is 6. The van der Waals surface area contributed by atoms with E-state index in [0.29, 0.717) is 23.6 Å². The van der Waals surface area contributed by atoms with Crippen LogP contribution in [0.3, 0.4) is 0 Å². The van der Waals surface area contributed by atoms with Gasteiger partial charge in [-0.15, -0.1) is 0 Å². The Kier molecular flexibility index (Phi) is 6.12. The van der Waals surface area contributed by atoms with Crippen LogP contribution >= 0.6 is 0 Å². The van der Waals surface area contributed by atoms with Gasteiger partial charge in [0.15, 0.2) is 0 Å². The van der Waals surface area contributed by atoms with Crippen molar-refractivity contribution in [3.05, 3.63) is 70.8 Å². The fourth-order valence-electron chi connectivity index (χ4n) is 2.73. The van der Waals surface area contributed by atoms with E-state index in [0.717, 1.165) is 11.1 Å². The Balaban J connectivity index is 2.05. The zero-order chi connectivity index (χ0) is 17.7. The number of hydrogen-bond donors (Lipinski definition) is 3. The summed E-state index contributed by atoms with van der Waals surface area (Å²) in [7, 11) is 0. The number of benzene rings is 2. The number of hydrogen-bond acceptors (Lipinski definition) is 3. The quantitative estimate of drug-likeness (QED) is 0.713. The third-order valence-electron chi connectivity index (χ3n) is 4.23. The van der Waals surface area contributed by atoms with Gasteiger partial charge in [-0.1, -0.05) is 57.2 Å². The van der Waals surface area contributed by atoms with E-state index >= 15 is 0 Å². The summed E-state index contributed by atoms with van der Waals surface area (Å²) >= 11 is 0. The first-order valence-electron chi connectivity index (χ1n) is 8.30. The van der Waals surface area contributed by atoms with Crippen molar-refractivity contribution in [2.75, 3.05) is 6.54 Å². The molecule has 2 aromatic carbocycles. The number of nitrogens with one attached hydrogen (secondary N) is 1. The van der Waals surface area contributed by atoms with E-state index in [4.69, 9.17) is 5.73 Å². The third-order valence-corrected chi connectivity index (χ3v) is 4.23. The second kappa shape index (κ2) is 8.08. The Bertz CT molecular complexity index is 696. The van der Waals surface area contributed by atoms with Crippen LogP contribution in [0.1, 0.15) is 65.9 Å². The summed E-state index contributed by atoms with van der Waals surface area (Å²) in [5.41, 5.74) is 9.07. The molecule has 2 unspecified atom stereocenters. The number of aliphatic hydroxyl groups excluding tert-OH is 1. The Hall–Kier alpha value is -2.17. The van der Waals surface area contributed by atoms with E-state index in [9.17, 15) is 9.90 Å². The highest BCUT2D eigenvalue weighted by molar-refractivity contribution is 5.94. The lowest BCUT2D eigenvalue weighted by molar-refractivity contribution is 0.0951. The predicted octanol–water partition coefficient (Wildman–Crippen LogP) is 3.29. The number of amides is 1. The Morgan fingerprint density at radius 3 is 2.38 bits per heavy atom. The van der Waals surface area contributed by atoms with Gasteiger partial charge >= 0.3 is 0 Å². The van der Waals surface area contributed by atoms with E-state index in [-0.39, 0.29) is 11.8 Å². The van der Waals surface area contributed by atoms with Crippen LogP contribution in [0.25, 0.3) is 0 Å². The van der Waals surface area contributed by atoms with Crippen molar-refractivity contribution in [2.24, 2.45) is 5.73 Å². The SMILES string of the molecule is CC(C)c1cccc(C(=O)NCC(C)c2ccccc2C(N)O)c1. The van der Waals surface area contributed by atoms with Crippen molar-refractivity contribution in [3.8, 4) is 0 Å². The fraction of sp³-hybridized carbons (Fsp3) is 0.350. The molecule has 0 aromatic heterocycles. The van der Waals surface area contributed by atoms with E-state index in [2.05, 4.69) is 19.2 Å². The van der Waals surface area contributed by atoms with Crippen LogP contribution in [0, 0.1) is 0 Å². The van der Waals surface area contributed by atoms with Gasteiger partial charge in [0.25, 0.3) is 5.91 Å². The topological polar surface area (TPSA) is 75.4 Å². The molecule has 2 rings (SSSR count). The molecule has 0 aliphatic rings. The maximum absolute atomic E-state index is 12.4. The summed E-state index contributed by atoms with van der Waals surface area (Å²) in [6.45, 7) is 6.70. The van der Waals surface area contributed by atoms with Crippen LogP contribution in [-0.4, -0.2) is 17.6 Å². The van der Waals surface area contributed by atoms with Crippen LogP contribution in [0.2, 0.25) is 0 Å². The first kappa shape index (κ1) is 18.2. The van der Waals surface area contributed by atoms with Gasteiger partial charge in [0.2, 0.25) is 0 Å². The molecule has 0 bridgehead atoms. The van der Waals surface area contributed by atoms with Crippen LogP contribution in [0.5, 0.6) is 0 Å². The minimum atomic E-state index is -1.01. The highest BCUT2D eigenvalue weighted by Gasteiger charge is 2.15.